The Hall–Kier alpha value is -1.10. The number of carbonyl (C=O) groups is 1. The second kappa shape index (κ2) is 5.76. The first-order chi connectivity index (χ1) is 11.2. The fraction of sp³-hybridized carbons (Fsp3) is 0.611. The van der Waals surface area contributed by atoms with Gasteiger partial charge in [-0.05, 0) is 37.0 Å². The second-order valence-electron chi connectivity index (χ2n) is 7.00. The van der Waals surface area contributed by atoms with Crippen molar-refractivity contribution in [1.82, 2.24) is 5.32 Å². The maximum atomic E-state index is 12.9. The third-order valence-corrected chi connectivity index (χ3v) is 6.02. The molecule has 4 atom stereocenters. The van der Waals surface area contributed by atoms with Crippen molar-refractivity contribution in [3.63, 3.8) is 0 Å². The molecular formula is C18H22ClNO3. The summed E-state index contributed by atoms with van der Waals surface area (Å²) in [6.07, 6.45) is 3.11. The third-order valence-electron chi connectivity index (χ3n) is 5.77. The minimum atomic E-state index is -0.354. The summed E-state index contributed by atoms with van der Waals surface area (Å²) in [5.74, 6) is 0.869. The molecule has 4 rings (SSSR count). The van der Waals surface area contributed by atoms with Crippen LogP contribution in [0.25, 0.3) is 0 Å². The smallest absolute Gasteiger partial charge is 0.230 e. The minimum Gasteiger partial charge on any atom is -0.384 e. The van der Waals surface area contributed by atoms with Crippen LogP contribution in [0.4, 0.5) is 0 Å². The lowest BCUT2D eigenvalue weighted by Gasteiger charge is -2.48. The van der Waals surface area contributed by atoms with Gasteiger partial charge in [-0.2, -0.15) is 0 Å². The van der Waals surface area contributed by atoms with Crippen LogP contribution in [0.1, 0.15) is 24.8 Å². The van der Waals surface area contributed by atoms with Crippen LogP contribution >= 0.6 is 11.6 Å². The lowest BCUT2D eigenvalue weighted by molar-refractivity contribution is -0.132. The number of ether oxygens (including phenoxy) is 2. The molecule has 0 radical (unpaired) electrons. The Morgan fingerprint density at radius 2 is 2.13 bits per heavy atom. The van der Waals surface area contributed by atoms with Crippen LogP contribution in [0.2, 0.25) is 5.02 Å². The first-order valence-corrected chi connectivity index (χ1v) is 8.71. The summed E-state index contributed by atoms with van der Waals surface area (Å²) in [5.41, 5.74) is 0.716. The monoisotopic (exact) mass is 335 g/mol. The molecule has 1 aliphatic heterocycles. The van der Waals surface area contributed by atoms with Gasteiger partial charge in [0.15, 0.2) is 0 Å². The topological polar surface area (TPSA) is 47.6 Å². The fourth-order valence-electron chi connectivity index (χ4n) is 4.26. The number of methoxy groups -OCH3 is 1. The SMILES string of the molecule is COC[C@H]1[C@@H](NC(=O)C2(c3ccc(Cl)cc3)CC2)[C@H]2CCO[C@H]21. The Morgan fingerprint density at radius 1 is 1.39 bits per heavy atom. The quantitative estimate of drug-likeness (QED) is 0.899. The van der Waals surface area contributed by atoms with Crippen LogP contribution in [0.3, 0.4) is 0 Å². The van der Waals surface area contributed by atoms with Crippen molar-refractivity contribution in [2.75, 3.05) is 20.3 Å². The van der Waals surface area contributed by atoms with Crippen molar-refractivity contribution in [2.45, 2.75) is 36.8 Å². The lowest BCUT2D eigenvalue weighted by Crippen LogP contribution is -2.63. The maximum absolute atomic E-state index is 12.9. The minimum absolute atomic E-state index is 0.149. The zero-order valence-electron chi connectivity index (χ0n) is 13.3. The number of amides is 1. The van der Waals surface area contributed by atoms with E-state index in [0.29, 0.717) is 17.5 Å². The molecule has 4 nitrogen and oxygen atoms in total. The van der Waals surface area contributed by atoms with Crippen molar-refractivity contribution >= 4 is 17.5 Å². The van der Waals surface area contributed by atoms with Crippen LogP contribution in [0.15, 0.2) is 24.3 Å². The van der Waals surface area contributed by atoms with E-state index in [0.717, 1.165) is 31.4 Å². The van der Waals surface area contributed by atoms with Gasteiger partial charge < -0.3 is 14.8 Å². The normalized spacial score (nSPS) is 33.7. The van der Waals surface area contributed by atoms with Crippen molar-refractivity contribution in [3.05, 3.63) is 34.9 Å². The molecule has 1 N–H and O–H groups in total. The summed E-state index contributed by atoms with van der Waals surface area (Å²) in [6.45, 7) is 1.43. The predicted molar refractivity (Wildman–Crippen MR) is 87.5 cm³/mol. The van der Waals surface area contributed by atoms with Crippen LogP contribution in [-0.2, 0) is 19.7 Å². The molecule has 1 heterocycles. The number of hydrogen-bond donors (Lipinski definition) is 1. The second-order valence-corrected chi connectivity index (χ2v) is 7.43. The molecule has 5 heteroatoms. The van der Waals surface area contributed by atoms with Gasteiger partial charge in [0.2, 0.25) is 5.91 Å². The molecular weight excluding hydrogens is 314 g/mol. The van der Waals surface area contributed by atoms with Gasteiger partial charge in [-0.15, -0.1) is 0 Å². The van der Waals surface area contributed by atoms with Gasteiger partial charge in [-0.1, -0.05) is 23.7 Å². The molecule has 23 heavy (non-hydrogen) atoms. The predicted octanol–water partition coefficient (Wildman–Crippen LogP) is 2.54. The van der Waals surface area contributed by atoms with Gasteiger partial charge >= 0.3 is 0 Å². The molecule has 1 amide bonds. The highest BCUT2D eigenvalue weighted by atomic mass is 35.5. The standard InChI is InChI=1S/C18H22ClNO3/c1-22-10-14-15(13-6-9-23-16(13)14)20-17(21)18(7-8-18)11-2-4-12(19)5-3-11/h2-5,13-16H,6-10H2,1H3,(H,20,21)/t13-,14+,15+,16-/m1/s1. The molecule has 0 spiro atoms. The van der Waals surface area contributed by atoms with Crippen LogP contribution in [0, 0.1) is 11.8 Å². The number of rotatable bonds is 5. The van der Waals surface area contributed by atoms with E-state index in [1.54, 1.807) is 7.11 Å². The number of benzene rings is 1. The summed E-state index contributed by atoms with van der Waals surface area (Å²) in [6, 6.07) is 7.86. The molecule has 0 bridgehead atoms. The Kier molecular flexibility index (Phi) is 3.87. The Morgan fingerprint density at radius 3 is 2.78 bits per heavy atom. The van der Waals surface area contributed by atoms with E-state index in [2.05, 4.69) is 5.32 Å². The van der Waals surface area contributed by atoms with Gasteiger partial charge in [0.1, 0.15) is 0 Å². The molecule has 1 aromatic rings. The first kappa shape index (κ1) is 15.4. The molecule has 0 unspecified atom stereocenters. The molecule has 1 aromatic carbocycles. The van der Waals surface area contributed by atoms with E-state index < -0.39 is 0 Å². The van der Waals surface area contributed by atoms with E-state index in [1.165, 1.54) is 0 Å². The average Bonchev–Trinajstić information content (AvgIpc) is 3.25. The third kappa shape index (κ3) is 2.48. The average molecular weight is 336 g/mol. The van der Waals surface area contributed by atoms with Gasteiger partial charge in [0, 0.05) is 36.6 Å². The fourth-order valence-corrected chi connectivity index (χ4v) is 4.39. The zero-order chi connectivity index (χ0) is 16.0. The molecule has 1 saturated heterocycles. The van der Waals surface area contributed by atoms with Crippen molar-refractivity contribution < 1.29 is 14.3 Å². The van der Waals surface area contributed by atoms with Crippen LogP contribution in [-0.4, -0.2) is 38.4 Å². The number of fused-ring (bicyclic) bond motifs is 1. The van der Waals surface area contributed by atoms with E-state index in [4.69, 9.17) is 21.1 Å². The van der Waals surface area contributed by atoms with Gasteiger partial charge in [-0.3, -0.25) is 4.79 Å². The highest BCUT2D eigenvalue weighted by Gasteiger charge is 2.57. The number of carbonyl (C=O) groups excluding carboxylic acids is 1. The first-order valence-electron chi connectivity index (χ1n) is 8.33. The summed E-state index contributed by atoms with van der Waals surface area (Å²) >= 11 is 5.96. The van der Waals surface area contributed by atoms with Gasteiger partial charge in [0.05, 0.1) is 18.1 Å². The number of halogens is 1. The molecule has 2 aliphatic carbocycles. The summed E-state index contributed by atoms with van der Waals surface area (Å²) in [5, 5.41) is 4.01. The number of hydrogen-bond acceptors (Lipinski definition) is 3. The maximum Gasteiger partial charge on any atom is 0.230 e. The van der Waals surface area contributed by atoms with E-state index >= 15 is 0 Å². The highest BCUT2D eigenvalue weighted by molar-refractivity contribution is 6.30. The Balaban J connectivity index is 1.48. The van der Waals surface area contributed by atoms with Crippen molar-refractivity contribution in [1.29, 1.82) is 0 Å². The van der Waals surface area contributed by atoms with Crippen molar-refractivity contribution in [2.24, 2.45) is 11.8 Å². The molecule has 2 saturated carbocycles. The van der Waals surface area contributed by atoms with Crippen molar-refractivity contribution in [3.8, 4) is 0 Å². The molecule has 3 fully saturated rings. The molecule has 0 aromatic heterocycles. The van der Waals surface area contributed by atoms with Gasteiger partial charge in [-0.25, -0.2) is 0 Å². The Labute approximate surface area is 141 Å². The highest BCUT2D eigenvalue weighted by Crippen LogP contribution is 2.50. The summed E-state index contributed by atoms with van der Waals surface area (Å²) in [4.78, 5) is 12.9. The Bertz CT molecular complexity index is 599. The summed E-state index contributed by atoms with van der Waals surface area (Å²) in [7, 11) is 1.71. The van der Waals surface area contributed by atoms with Crippen LogP contribution < -0.4 is 5.32 Å². The molecule has 124 valence electrons. The molecule has 3 aliphatic rings. The van der Waals surface area contributed by atoms with E-state index in [1.807, 2.05) is 24.3 Å². The number of nitrogens with one attached hydrogen (secondary N) is 1. The van der Waals surface area contributed by atoms with Gasteiger partial charge in [0.25, 0.3) is 0 Å². The lowest BCUT2D eigenvalue weighted by atomic mass is 9.67. The zero-order valence-corrected chi connectivity index (χ0v) is 14.0. The van der Waals surface area contributed by atoms with E-state index in [-0.39, 0.29) is 29.4 Å². The summed E-state index contributed by atoms with van der Waals surface area (Å²) < 4.78 is 11.1. The largest absolute Gasteiger partial charge is 0.384 e. The van der Waals surface area contributed by atoms with E-state index in [9.17, 15) is 4.79 Å². The van der Waals surface area contributed by atoms with Crippen LogP contribution in [0.5, 0.6) is 0 Å².